The molecule has 4 aromatic rings. The number of anilines is 1. The zero-order chi connectivity index (χ0) is 22.0. The van der Waals surface area contributed by atoms with Crippen LogP contribution in [0.25, 0.3) is 15.9 Å². The molecule has 4 rings (SSSR count). The van der Waals surface area contributed by atoms with Gasteiger partial charge in [-0.1, -0.05) is 42.1 Å². The summed E-state index contributed by atoms with van der Waals surface area (Å²) in [4.78, 5) is 32.5. The van der Waals surface area contributed by atoms with Crippen molar-refractivity contribution in [3.63, 3.8) is 0 Å². The Morgan fingerprint density at radius 2 is 1.84 bits per heavy atom. The highest BCUT2D eigenvalue weighted by atomic mass is 32.2. The number of para-hydroxylation sites is 3. The van der Waals surface area contributed by atoms with E-state index in [1.165, 1.54) is 23.1 Å². The number of aromatic nitrogens is 2. The lowest BCUT2D eigenvalue weighted by Crippen LogP contribution is -2.22. The van der Waals surface area contributed by atoms with Crippen molar-refractivity contribution in [1.29, 1.82) is 0 Å². The third kappa shape index (κ3) is 4.22. The molecule has 2 heterocycles. The molecule has 0 atom stereocenters. The van der Waals surface area contributed by atoms with E-state index in [1.54, 1.807) is 23.8 Å². The van der Waals surface area contributed by atoms with E-state index in [2.05, 4.69) is 5.32 Å². The number of fused-ring (bicyclic) bond motifs is 1. The van der Waals surface area contributed by atoms with Gasteiger partial charge in [0.1, 0.15) is 10.6 Å². The number of benzene rings is 2. The molecule has 2 aromatic heterocycles. The second-order valence-corrected chi connectivity index (χ2v) is 9.02. The molecule has 1 N–H and O–H groups in total. The average molecular weight is 452 g/mol. The summed E-state index contributed by atoms with van der Waals surface area (Å²) in [5.41, 5.74) is 2.15. The van der Waals surface area contributed by atoms with Crippen LogP contribution >= 0.6 is 23.1 Å². The van der Waals surface area contributed by atoms with Gasteiger partial charge < -0.3 is 10.1 Å². The van der Waals surface area contributed by atoms with E-state index >= 15 is 0 Å². The SMILES string of the molecule is COc1ccccc1NC(=O)CSc1nc2sc(C)c(C)c2c(=O)n1-c1ccccc1. The highest BCUT2D eigenvalue weighted by Gasteiger charge is 2.19. The topological polar surface area (TPSA) is 73.2 Å². The molecular weight excluding hydrogens is 430 g/mol. The van der Waals surface area contributed by atoms with Crippen molar-refractivity contribution < 1.29 is 9.53 Å². The van der Waals surface area contributed by atoms with Gasteiger partial charge in [0, 0.05) is 4.88 Å². The molecule has 8 heteroatoms. The number of thioether (sulfide) groups is 1. The van der Waals surface area contributed by atoms with E-state index in [0.717, 1.165) is 16.1 Å². The average Bonchev–Trinajstić information content (AvgIpc) is 3.07. The molecule has 0 fully saturated rings. The first-order valence-corrected chi connectivity index (χ1v) is 11.4. The zero-order valence-corrected chi connectivity index (χ0v) is 19.0. The molecule has 0 saturated carbocycles. The Balaban J connectivity index is 1.68. The first-order valence-electron chi connectivity index (χ1n) is 9.63. The maximum atomic E-state index is 13.4. The Kier molecular flexibility index (Phi) is 6.11. The van der Waals surface area contributed by atoms with Gasteiger partial charge in [0.2, 0.25) is 5.91 Å². The molecule has 158 valence electrons. The van der Waals surface area contributed by atoms with E-state index in [0.29, 0.717) is 26.8 Å². The summed E-state index contributed by atoms with van der Waals surface area (Å²) in [7, 11) is 1.56. The molecule has 0 radical (unpaired) electrons. The Bertz CT molecular complexity index is 1310. The Morgan fingerprint density at radius 3 is 2.58 bits per heavy atom. The van der Waals surface area contributed by atoms with Gasteiger partial charge in [-0.05, 0) is 43.7 Å². The lowest BCUT2D eigenvalue weighted by Gasteiger charge is -2.13. The highest BCUT2D eigenvalue weighted by molar-refractivity contribution is 7.99. The molecule has 2 aromatic carbocycles. The third-order valence-electron chi connectivity index (χ3n) is 4.90. The second-order valence-electron chi connectivity index (χ2n) is 6.87. The van der Waals surface area contributed by atoms with Crippen LogP contribution in [-0.2, 0) is 4.79 Å². The molecule has 0 unspecified atom stereocenters. The van der Waals surface area contributed by atoms with Gasteiger partial charge in [0.05, 0.1) is 29.6 Å². The minimum Gasteiger partial charge on any atom is -0.495 e. The quantitative estimate of drug-likeness (QED) is 0.337. The largest absolute Gasteiger partial charge is 0.495 e. The molecule has 0 saturated heterocycles. The van der Waals surface area contributed by atoms with Crippen LogP contribution in [0.2, 0.25) is 0 Å². The van der Waals surface area contributed by atoms with Crippen LogP contribution in [0.15, 0.2) is 64.5 Å². The van der Waals surface area contributed by atoms with Gasteiger partial charge >= 0.3 is 0 Å². The number of rotatable bonds is 6. The number of hydrogen-bond acceptors (Lipinski definition) is 6. The molecule has 0 bridgehead atoms. The van der Waals surface area contributed by atoms with Gasteiger partial charge in [-0.25, -0.2) is 4.98 Å². The zero-order valence-electron chi connectivity index (χ0n) is 17.3. The molecule has 0 aliphatic rings. The molecular formula is C23H21N3O3S2. The third-order valence-corrected chi connectivity index (χ3v) is 6.94. The standard InChI is InChI=1S/C23H21N3O3S2/c1-14-15(2)31-21-20(14)22(28)26(16-9-5-4-6-10-16)23(25-21)30-13-19(27)24-17-11-7-8-12-18(17)29-3/h4-12H,13H2,1-3H3,(H,24,27). The monoisotopic (exact) mass is 451 g/mol. The number of nitrogens with zero attached hydrogens (tertiary/aromatic N) is 2. The predicted octanol–water partition coefficient (Wildman–Crippen LogP) is 4.80. The number of aryl methyl sites for hydroxylation is 2. The lowest BCUT2D eigenvalue weighted by atomic mass is 10.2. The number of carbonyl (C=O) groups is 1. The fourth-order valence-electron chi connectivity index (χ4n) is 3.24. The van der Waals surface area contributed by atoms with Crippen LogP contribution in [0.5, 0.6) is 5.75 Å². The molecule has 0 spiro atoms. The minimum atomic E-state index is -0.206. The normalized spacial score (nSPS) is 10.9. The van der Waals surface area contributed by atoms with E-state index < -0.39 is 0 Å². The number of ether oxygens (including phenoxy) is 1. The number of hydrogen-bond donors (Lipinski definition) is 1. The predicted molar refractivity (Wildman–Crippen MR) is 127 cm³/mol. The smallest absolute Gasteiger partial charge is 0.267 e. The van der Waals surface area contributed by atoms with Crippen LogP contribution in [0.1, 0.15) is 10.4 Å². The fraction of sp³-hybridized carbons (Fsp3) is 0.174. The highest BCUT2D eigenvalue weighted by Crippen LogP contribution is 2.30. The van der Waals surface area contributed by atoms with Crippen molar-refractivity contribution in [3.05, 3.63) is 75.4 Å². The number of methoxy groups -OCH3 is 1. The molecule has 0 aliphatic heterocycles. The summed E-state index contributed by atoms with van der Waals surface area (Å²) in [6.07, 6.45) is 0. The van der Waals surface area contributed by atoms with Gasteiger partial charge in [0.15, 0.2) is 5.16 Å². The summed E-state index contributed by atoms with van der Waals surface area (Å²) in [5, 5.41) is 3.98. The fourth-order valence-corrected chi connectivity index (χ4v) is 5.12. The van der Waals surface area contributed by atoms with Crippen molar-refractivity contribution in [3.8, 4) is 11.4 Å². The van der Waals surface area contributed by atoms with Crippen molar-refractivity contribution in [2.24, 2.45) is 0 Å². The number of carbonyl (C=O) groups excluding carboxylic acids is 1. The number of nitrogens with one attached hydrogen (secondary N) is 1. The number of thiophene rings is 1. The first kappa shape index (κ1) is 21.1. The Hall–Kier alpha value is -3.10. The maximum Gasteiger partial charge on any atom is 0.267 e. The van der Waals surface area contributed by atoms with Crippen LogP contribution in [-0.4, -0.2) is 28.3 Å². The Morgan fingerprint density at radius 1 is 1.13 bits per heavy atom. The lowest BCUT2D eigenvalue weighted by molar-refractivity contribution is -0.113. The molecule has 1 amide bonds. The summed E-state index contributed by atoms with van der Waals surface area (Å²) < 4.78 is 6.87. The van der Waals surface area contributed by atoms with Crippen molar-refractivity contribution in [2.45, 2.75) is 19.0 Å². The Labute approximate surface area is 187 Å². The van der Waals surface area contributed by atoms with E-state index in [-0.39, 0.29) is 17.2 Å². The van der Waals surface area contributed by atoms with Crippen molar-refractivity contribution >= 4 is 44.9 Å². The van der Waals surface area contributed by atoms with Crippen LogP contribution < -0.4 is 15.6 Å². The maximum absolute atomic E-state index is 13.4. The molecule has 6 nitrogen and oxygen atoms in total. The van der Waals surface area contributed by atoms with E-state index in [9.17, 15) is 9.59 Å². The second kappa shape index (κ2) is 8.95. The summed E-state index contributed by atoms with van der Waals surface area (Å²) in [6.45, 7) is 3.93. The molecule has 31 heavy (non-hydrogen) atoms. The van der Waals surface area contributed by atoms with Crippen LogP contribution in [0.4, 0.5) is 5.69 Å². The minimum absolute atomic E-state index is 0.103. The summed E-state index contributed by atoms with van der Waals surface area (Å²) in [5.74, 6) is 0.486. The molecule has 0 aliphatic carbocycles. The van der Waals surface area contributed by atoms with Crippen LogP contribution in [0.3, 0.4) is 0 Å². The van der Waals surface area contributed by atoms with Crippen molar-refractivity contribution in [1.82, 2.24) is 9.55 Å². The van der Waals surface area contributed by atoms with Gasteiger partial charge in [-0.3, -0.25) is 14.2 Å². The number of amides is 1. The van der Waals surface area contributed by atoms with Gasteiger partial charge in [-0.15, -0.1) is 11.3 Å². The van der Waals surface area contributed by atoms with Crippen LogP contribution in [0, 0.1) is 13.8 Å². The van der Waals surface area contributed by atoms with Crippen molar-refractivity contribution in [2.75, 3.05) is 18.2 Å². The van der Waals surface area contributed by atoms with Gasteiger partial charge in [0.25, 0.3) is 5.56 Å². The van der Waals surface area contributed by atoms with E-state index in [4.69, 9.17) is 9.72 Å². The van der Waals surface area contributed by atoms with E-state index in [1.807, 2.05) is 56.3 Å². The summed E-state index contributed by atoms with van der Waals surface area (Å²) >= 11 is 2.73. The summed E-state index contributed by atoms with van der Waals surface area (Å²) in [6, 6.07) is 16.6. The van der Waals surface area contributed by atoms with Gasteiger partial charge in [-0.2, -0.15) is 0 Å². The first-order chi connectivity index (χ1) is 15.0.